The summed E-state index contributed by atoms with van der Waals surface area (Å²) in [7, 11) is 0. The molecule has 1 aliphatic heterocycles. The fourth-order valence-electron chi connectivity index (χ4n) is 2.51. The third kappa shape index (κ3) is 3.56. The molecule has 2 aromatic rings. The van der Waals surface area contributed by atoms with Crippen LogP contribution in [-0.2, 0) is 14.3 Å². The van der Waals surface area contributed by atoms with E-state index in [-0.39, 0.29) is 23.3 Å². The molecule has 9 heteroatoms. The molecule has 1 saturated heterocycles. The van der Waals surface area contributed by atoms with Gasteiger partial charge < -0.3 is 14.5 Å². The molecule has 0 aromatic carbocycles. The third-order valence-corrected chi connectivity index (χ3v) is 4.46. The van der Waals surface area contributed by atoms with Gasteiger partial charge in [0.05, 0.1) is 24.6 Å². The number of ether oxygens (including phenoxy) is 2. The number of carbonyl (C=O) groups is 1. The molecule has 1 aliphatic rings. The van der Waals surface area contributed by atoms with Crippen LogP contribution in [0.5, 0.6) is 0 Å². The molecule has 0 aliphatic carbocycles. The number of hydrogen-bond donors (Lipinski definition) is 1. The smallest absolute Gasteiger partial charge is 0.316 e. The summed E-state index contributed by atoms with van der Waals surface area (Å²) in [6.45, 7) is 3.44. The van der Waals surface area contributed by atoms with Gasteiger partial charge in [-0.15, -0.1) is 0 Å². The van der Waals surface area contributed by atoms with Crippen LogP contribution in [0.4, 0.5) is 0 Å². The number of hydrogen-bond acceptors (Lipinski definition) is 7. The number of thioether (sulfide) groups is 1. The Bertz CT molecular complexity index is 751. The fourth-order valence-corrected chi connectivity index (χ4v) is 3.17. The summed E-state index contributed by atoms with van der Waals surface area (Å²) in [5.41, 5.74) is 0.298. The van der Waals surface area contributed by atoms with Gasteiger partial charge in [0.25, 0.3) is 5.56 Å². The lowest BCUT2D eigenvalue weighted by Crippen LogP contribution is -2.21. The Morgan fingerprint density at radius 2 is 2.30 bits per heavy atom. The zero-order chi connectivity index (χ0) is 16.2. The number of carbonyl (C=O) groups excluding carboxylic acids is 1. The summed E-state index contributed by atoms with van der Waals surface area (Å²) in [6.07, 6.45) is 3.23. The number of esters is 1. The minimum Gasteiger partial charge on any atom is -0.465 e. The Morgan fingerprint density at radius 1 is 1.52 bits per heavy atom. The maximum absolute atomic E-state index is 12.2. The van der Waals surface area contributed by atoms with E-state index in [0.29, 0.717) is 36.0 Å². The van der Waals surface area contributed by atoms with E-state index >= 15 is 0 Å². The first-order valence-corrected chi connectivity index (χ1v) is 8.51. The number of fused-ring (bicyclic) bond motifs is 1. The van der Waals surface area contributed by atoms with Gasteiger partial charge in [0.2, 0.25) is 0 Å². The van der Waals surface area contributed by atoms with Crippen LogP contribution in [0.15, 0.2) is 16.1 Å². The Hall–Kier alpha value is -1.87. The van der Waals surface area contributed by atoms with Gasteiger partial charge in [0, 0.05) is 13.2 Å². The topological polar surface area (TPSA) is 99.1 Å². The van der Waals surface area contributed by atoms with Gasteiger partial charge >= 0.3 is 5.97 Å². The van der Waals surface area contributed by atoms with Crippen LogP contribution in [0, 0.1) is 0 Å². The molecule has 0 spiro atoms. The summed E-state index contributed by atoms with van der Waals surface area (Å²) in [6, 6.07) is 0.179. The standard InChI is InChI=1S/C14H18N4O4S/c1-2-22-11(19)8-23-14-16-12-10(13(20)17-14)7-15-18(12)9-3-5-21-6-4-9/h7,9H,2-6,8H2,1H3,(H,16,17,20). The van der Waals surface area contributed by atoms with Gasteiger partial charge in [0.1, 0.15) is 5.39 Å². The Balaban J connectivity index is 1.86. The van der Waals surface area contributed by atoms with Gasteiger partial charge in [-0.25, -0.2) is 9.67 Å². The summed E-state index contributed by atoms with van der Waals surface area (Å²) >= 11 is 1.15. The van der Waals surface area contributed by atoms with Crippen LogP contribution in [0.3, 0.4) is 0 Å². The van der Waals surface area contributed by atoms with Crippen molar-refractivity contribution in [1.82, 2.24) is 19.7 Å². The number of rotatable bonds is 5. The van der Waals surface area contributed by atoms with Gasteiger partial charge in [-0.1, -0.05) is 11.8 Å². The van der Waals surface area contributed by atoms with E-state index in [1.54, 1.807) is 11.6 Å². The summed E-state index contributed by atoms with van der Waals surface area (Å²) in [4.78, 5) is 30.7. The Labute approximate surface area is 136 Å². The van der Waals surface area contributed by atoms with E-state index in [4.69, 9.17) is 9.47 Å². The number of nitrogens with zero attached hydrogens (tertiary/aromatic N) is 3. The molecule has 1 fully saturated rings. The van der Waals surface area contributed by atoms with E-state index in [2.05, 4.69) is 15.1 Å². The highest BCUT2D eigenvalue weighted by molar-refractivity contribution is 7.99. The average Bonchev–Trinajstić information content (AvgIpc) is 2.98. The molecular formula is C14H18N4O4S. The minimum absolute atomic E-state index is 0.105. The van der Waals surface area contributed by atoms with Crippen molar-refractivity contribution < 1.29 is 14.3 Å². The predicted molar refractivity (Wildman–Crippen MR) is 84.6 cm³/mol. The lowest BCUT2D eigenvalue weighted by Gasteiger charge is -2.22. The van der Waals surface area contributed by atoms with Crippen molar-refractivity contribution in [2.45, 2.75) is 31.0 Å². The maximum Gasteiger partial charge on any atom is 0.316 e. The first kappa shape index (κ1) is 16.0. The molecule has 0 bridgehead atoms. The van der Waals surface area contributed by atoms with Crippen LogP contribution >= 0.6 is 11.8 Å². The first-order valence-electron chi connectivity index (χ1n) is 7.52. The van der Waals surface area contributed by atoms with Gasteiger partial charge in [-0.2, -0.15) is 5.10 Å². The monoisotopic (exact) mass is 338 g/mol. The van der Waals surface area contributed by atoms with Crippen molar-refractivity contribution in [1.29, 1.82) is 0 Å². The minimum atomic E-state index is -0.335. The number of aromatic nitrogens is 4. The lowest BCUT2D eigenvalue weighted by molar-refractivity contribution is -0.139. The second kappa shape index (κ2) is 7.14. The van der Waals surface area contributed by atoms with Crippen LogP contribution < -0.4 is 5.56 Å². The van der Waals surface area contributed by atoms with Gasteiger partial charge in [-0.05, 0) is 19.8 Å². The lowest BCUT2D eigenvalue weighted by atomic mass is 10.1. The van der Waals surface area contributed by atoms with E-state index in [1.807, 2.05) is 0 Å². The molecule has 8 nitrogen and oxygen atoms in total. The van der Waals surface area contributed by atoms with Crippen molar-refractivity contribution in [2.24, 2.45) is 0 Å². The molecule has 2 aromatic heterocycles. The molecule has 0 saturated carbocycles. The van der Waals surface area contributed by atoms with Crippen LogP contribution in [0.1, 0.15) is 25.8 Å². The van der Waals surface area contributed by atoms with E-state index < -0.39 is 0 Å². The highest BCUT2D eigenvalue weighted by Gasteiger charge is 2.20. The van der Waals surface area contributed by atoms with Crippen molar-refractivity contribution >= 4 is 28.8 Å². The molecule has 124 valence electrons. The normalized spacial score (nSPS) is 15.9. The molecule has 0 amide bonds. The van der Waals surface area contributed by atoms with Crippen molar-refractivity contribution in [3.8, 4) is 0 Å². The number of nitrogens with one attached hydrogen (secondary N) is 1. The first-order chi connectivity index (χ1) is 11.2. The number of H-pyrrole nitrogens is 1. The fraction of sp³-hybridized carbons (Fsp3) is 0.571. The zero-order valence-corrected chi connectivity index (χ0v) is 13.6. The third-order valence-electron chi connectivity index (χ3n) is 3.61. The quantitative estimate of drug-likeness (QED) is 0.495. The molecule has 23 heavy (non-hydrogen) atoms. The highest BCUT2D eigenvalue weighted by Crippen LogP contribution is 2.24. The molecule has 3 rings (SSSR count). The average molecular weight is 338 g/mol. The molecule has 0 radical (unpaired) electrons. The summed E-state index contributed by atoms with van der Waals surface area (Å²) in [5.74, 6) is -0.230. The van der Waals surface area contributed by atoms with Crippen LogP contribution in [0.2, 0.25) is 0 Å². The Kier molecular flexibility index (Phi) is 4.97. The highest BCUT2D eigenvalue weighted by atomic mass is 32.2. The molecule has 1 N–H and O–H groups in total. The van der Waals surface area contributed by atoms with Gasteiger partial charge in [0.15, 0.2) is 10.8 Å². The van der Waals surface area contributed by atoms with E-state index in [9.17, 15) is 9.59 Å². The van der Waals surface area contributed by atoms with Crippen LogP contribution in [-0.4, -0.2) is 51.3 Å². The molecule has 0 unspecified atom stereocenters. The van der Waals surface area contributed by atoms with Crippen molar-refractivity contribution in [2.75, 3.05) is 25.6 Å². The second-order valence-corrected chi connectivity index (χ2v) is 6.10. The van der Waals surface area contributed by atoms with Gasteiger partial charge in [-0.3, -0.25) is 9.59 Å². The van der Waals surface area contributed by atoms with Crippen LogP contribution in [0.25, 0.3) is 11.0 Å². The van der Waals surface area contributed by atoms with Crippen molar-refractivity contribution in [3.05, 3.63) is 16.6 Å². The molecular weight excluding hydrogens is 320 g/mol. The zero-order valence-electron chi connectivity index (χ0n) is 12.8. The Morgan fingerprint density at radius 3 is 3.04 bits per heavy atom. The summed E-state index contributed by atoms with van der Waals surface area (Å²) in [5, 5.41) is 5.17. The van der Waals surface area contributed by atoms with E-state index in [1.165, 1.54) is 6.20 Å². The van der Waals surface area contributed by atoms with Crippen molar-refractivity contribution in [3.63, 3.8) is 0 Å². The second-order valence-electron chi connectivity index (χ2n) is 5.13. The summed E-state index contributed by atoms with van der Waals surface area (Å²) < 4.78 is 12.0. The molecule has 3 heterocycles. The predicted octanol–water partition coefficient (Wildman–Crippen LogP) is 1.13. The number of aromatic amines is 1. The largest absolute Gasteiger partial charge is 0.465 e. The van der Waals surface area contributed by atoms with E-state index in [0.717, 1.165) is 24.6 Å². The molecule has 0 atom stereocenters. The SMILES string of the molecule is CCOC(=O)CSc1nc2c(cnn2C2CCOCC2)c(=O)[nH]1. The maximum atomic E-state index is 12.2.